The molecule has 0 aliphatic heterocycles. The Balaban J connectivity index is 2.03. The van der Waals surface area contributed by atoms with Crippen LogP contribution in [0.5, 0.6) is 0 Å². The lowest BCUT2D eigenvalue weighted by Gasteiger charge is -2.05. The van der Waals surface area contributed by atoms with E-state index in [1.165, 1.54) is 12.1 Å². The van der Waals surface area contributed by atoms with Gasteiger partial charge in [-0.25, -0.2) is 9.18 Å². The Kier molecular flexibility index (Phi) is 5.14. The lowest BCUT2D eigenvalue weighted by molar-refractivity contribution is -0.137. The van der Waals surface area contributed by atoms with Gasteiger partial charge in [-0.3, -0.25) is 0 Å². The van der Waals surface area contributed by atoms with Gasteiger partial charge in [0, 0.05) is 29.2 Å². The number of nitrogens with zero attached hydrogens (tertiary/aromatic N) is 2. The van der Waals surface area contributed by atoms with Crippen LogP contribution in [0.4, 0.5) is 4.39 Å². The highest BCUT2D eigenvalue weighted by molar-refractivity contribution is 6.01. The van der Waals surface area contributed by atoms with Gasteiger partial charge in [-0.1, -0.05) is 30.3 Å². The van der Waals surface area contributed by atoms with Crippen molar-refractivity contribution in [2.24, 2.45) is 0 Å². The molecule has 26 heavy (non-hydrogen) atoms. The third kappa shape index (κ3) is 3.65. The largest absolute Gasteiger partial charge is 0.462 e. The monoisotopic (exact) mass is 348 g/mol. The van der Waals surface area contributed by atoms with Gasteiger partial charge in [0.15, 0.2) is 0 Å². The summed E-state index contributed by atoms with van der Waals surface area (Å²) >= 11 is 0. The minimum Gasteiger partial charge on any atom is -0.462 e. The second-order valence-corrected chi connectivity index (χ2v) is 5.75. The molecule has 0 saturated heterocycles. The summed E-state index contributed by atoms with van der Waals surface area (Å²) < 4.78 is 20.0. The van der Waals surface area contributed by atoms with E-state index in [2.05, 4.69) is 0 Å². The zero-order chi connectivity index (χ0) is 18.5. The van der Waals surface area contributed by atoms with Crippen LogP contribution in [-0.4, -0.2) is 17.1 Å². The van der Waals surface area contributed by atoms with Crippen LogP contribution in [0.2, 0.25) is 0 Å². The quantitative estimate of drug-likeness (QED) is 0.392. The summed E-state index contributed by atoms with van der Waals surface area (Å²) in [4.78, 5) is 11.9. The van der Waals surface area contributed by atoms with Gasteiger partial charge in [0.2, 0.25) is 0 Å². The fourth-order valence-corrected chi connectivity index (χ4v) is 2.81. The van der Waals surface area contributed by atoms with Crippen LogP contribution in [0.1, 0.15) is 18.1 Å². The van der Waals surface area contributed by atoms with Crippen molar-refractivity contribution in [3.63, 3.8) is 0 Å². The fourth-order valence-electron chi connectivity index (χ4n) is 2.81. The van der Waals surface area contributed by atoms with Crippen LogP contribution < -0.4 is 0 Å². The van der Waals surface area contributed by atoms with E-state index in [1.807, 2.05) is 41.1 Å². The number of hydrogen-bond acceptors (Lipinski definition) is 3. The molecule has 0 amide bonds. The van der Waals surface area contributed by atoms with E-state index in [4.69, 9.17) is 4.74 Å². The molecule has 1 heterocycles. The first-order valence-electron chi connectivity index (χ1n) is 8.23. The van der Waals surface area contributed by atoms with Crippen molar-refractivity contribution in [3.05, 3.63) is 77.2 Å². The first-order valence-corrected chi connectivity index (χ1v) is 8.23. The van der Waals surface area contributed by atoms with E-state index in [-0.39, 0.29) is 18.0 Å². The first kappa shape index (κ1) is 17.4. The Morgan fingerprint density at radius 3 is 2.65 bits per heavy atom. The van der Waals surface area contributed by atoms with Crippen molar-refractivity contribution in [1.82, 2.24) is 4.57 Å². The molecule has 1 aromatic heterocycles. The lowest BCUT2D eigenvalue weighted by atomic mass is 10.1. The number of nitriles is 1. The second kappa shape index (κ2) is 7.66. The van der Waals surface area contributed by atoms with Crippen LogP contribution >= 0.6 is 0 Å². The minimum absolute atomic E-state index is 0.0449. The first-order chi connectivity index (χ1) is 12.6. The standard InChI is InChI=1S/C21H17FN2O2/c1-2-26-21(25)16(12-23)11-17-14-24(20-6-4-3-5-19(17)20)13-15-7-9-18(22)10-8-15/h3-11,14H,2,13H2,1H3/b16-11+. The number of fused-ring (bicyclic) bond motifs is 1. The number of rotatable bonds is 5. The average molecular weight is 348 g/mol. The Hall–Kier alpha value is -3.39. The maximum absolute atomic E-state index is 13.1. The van der Waals surface area contributed by atoms with Gasteiger partial charge in [0.25, 0.3) is 0 Å². The number of aromatic nitrogens is 1. The molecule has 130 valence electrons. The summed E-state index contributed by atoms with van der Waals surface area (Å²) in [5, 5.41) is 10.2. The Morgan fingerprint density at radius 2 is 1.96 bits per heavy atom. The molecule has 0 aliphatic rings. The highest BCUT2D eigenvalue weighted by Gasteiger charge is 2.13. The molecule has 0 unspecified atom stereocenters. The van der Waals surface area contributed by atoms with Crippen molar-refractivity contribution in [2.75, 3.05) is 6.61 Å². The number of esters is 1. The van der Waals surface area contributed by atoms with E-state index in [0.29, 0.717) is 6.54 Å². The van der Waals surface area contributed by atoms with E-state index >= 15 is 0 Å². The number of carbonyl (C=O) groups excluding carboxylic acids is 1. The number of hydrogen-bond donors (Lipinski definition) is 0. The number of halogens is 1. The number of carbonyl (C=O) groups is 1. The third-order valence-corrected chi connectivity index (χ3v) is 4.00. The molecular formula is C21H17FN2O2. The third-order valence-electron chi connectivity index (χ3n) is 4.00. The fraction of sp³-hybridized carbons (Fsp3) is 0.143. The SMILES string of the molecule is CCOC(=O)/C(C#N)=C/c1cn(Cc2ccc(F)cc2)c2ccccc12. The summed E-state index contributed by atoms with van der Waals surface area (Å²) in [5.74, 6) is -0.909. The predicted octanol–water partition coefficient (Wildman–Crippen LogP) is 4.30. The Labute approximate surface area is 150 Å². The van der Waals surface area contributed by atoms with Crippen LogP contribution in [0, 0.1) is 17.1 Å². The number of ether oxygens (including phenoxy) is 1. The summed E-state index contributed by atoms with van der Waals surface area (Å²) in [5.41, 5.74) is 2.63. The van der Waals surface area contributed by atoms with E-state index in [0.717, 1.165) is 22.0 Å². The van der Waals surface area contributed by atoms with Gasteiger partial charge < -0.3 is 9.30 Å². The van der Waals surface area contributed by atoms with Crippen LogP contribution in [-0.2, 0) is 16.1 Å². The van der Waals surface area contributed by atoms with Gasteiger partial charge in [0.1, 0.15) is 17.5 Å². The highest BCUT2D eigenvalue weighted by Crippen LogP contribution is 2.25. The maximum atomic E-state index is 13.1. The highest BCUT2D eigenvalue weighted by atomic mass is 19.1. The van der Waals surface area contributed by atoms with Gasteiger partial charge in [0.05, 0.1) is 6.61 Å². The zero-order valence-corrected chi connectivity index (χ0v) is 14.3. The molecule has 5 heteroatoms. The molecule has 0 N–H and O–H groups in total. The summed E-state index contributed by atoms with van der Waals surface area (Å²) in [6, 6.07) is 15.9. The molecule has 0 fully saturated rings. The lowest BCUT2D eigenvalue weighted by Crippen LogP contribution is -2.05. The van der Waals surface area contributed by atoms with Crippen LogP contribution in [0.3, 0.4) is 0 Å². The van der Waals surface area contributed by atoms with Crippen molar-refractivity contribution < 1.29 is 13.9 Å². The molecule has 3 rings (SSSR count). The molecule has 0 aliphatic carbocycles. The molecule has 0 spiro atoms. The molecule has 0 atom stereocenters. The second-order valence-electron chi connectivity index (χ2n) is 5.75. The number of benzene rings is 2. The maximum Gasteiger partial charge on any atom is 0.348 e. The normalized spacial score (nSPS) is 11.3. The molecule has 0 saturated carbocycles. The predicted molar refractivity (Wildman–Crippen MR) is 97.7 cm³/mol. The molecular weight excluding hydrogens is 331 g/mol. The Morgan fingerprint density at radius 1 is 1.23 bits per heavy atom. The van der Waals surface area contributed by atoms with Gasteiger partial charge >= 0.3 is 5.97 Å². The average Bonchev–Trinajstić information content (AvgIpc) is 2.99. The van der Waals surface area contributed by atoms with Crippen molar-refractivity contribution in [3.8, 4) is 6.07 Å². The van der Waals surface area contributed by atoms with Crippen molar-refractivity contribution >= 4 is 22.9 Å². The summed E-state index contributed by atoms with van der Waals surface area (Å²) in [6.45, 7) is 2.46. The van der Waals surface area contributed by atoms with Crippen LogP contribution in [0.15, 0.2) is 60.3 Å². The van der Waals surface area contributed by atoms with Crippen LogP contribution in [0.25, 0.3) is 17.0 Å². The topological polar surface area (TPSA) is 55.0 Å². The van der Waals surface area contributed by atoms with Gasteiger partial charge in [-0.2, -0.15) is 5.26 Å². The zero-order valence-electron chi connectivity index (χ0n) is 14.3. The van der Waals surface area contributed by atoms with Crippen molar-refractivity contribution in [2.45, 2.75) is 13.5 Å². The van der Waals surface area contributed by atoms with Gasteiger partial charge in [-0.15, -0.1) is 0 Å². The van der Waals surface area contributed by atoms with E-state index in [1.54, 1.807) is 25.1 Å². The van der Waals surface area contributed by atoms with E-state index < -0.39 is 5.97 Å². The molecule has 4 nitrogen and oxygen atoms in total. The summed E-state index contributed by atoms with van der Waals surface area (Å²) in [7, 11) is 0. The molecule has 2 aromatic carbocycles. The smallest absolute Gasteiger partial charge is 0.348 e. The molecule has 3 aromatic rings. The van der Waals surface area contributed by atoms with Gasteiger partial charge in [-0.05, 0) is 36.8 Å². The van der Waals surface area contributed by atoms with Crippen molar-refractivity contribution in [1.29, 1.82) is 5.26 Å². The summed E-state index contributed by atoms with van der Waals surface area (Å²) in [6.07, 6.45) is 3.42. The molecule has 0 bridgehead atoms. The molecule has 0 radical (unpaired) electrons. The number of para-hydroxylation sites is 1. The Bertz CT molecular complexity index is 1010. The minimum atomic E-state index is -0.634. The van der Waals surface area contributed by atoms with E-state index in [9.17, 15) is 14.4 Å².